The van der Waals surface area contributed by atoms with Crippen LogP contribution in [0.1, 0.15) is 130 Å². The van der Waals surface area contributed by atoms with Crippen molar-refractivity contribution in [1.82, 2.24) is 0 Å². The van der Waals surface area contributed by atoms with Crippen molar-refractivity contribution >= 4 is 24.5 Å². The number of hydrogen-bond donors (Lipinski definition) is 1. The van der Waals surface area contributed by atoms with E-state index in [-0.39, 0.29) is 29.5 Å². The summed E-state index contributed by atoms with van der Waals surface area (Å²) in [5.74, 6) is -0.0166. The Morgan fingerprint density at radius 1 is 0.844 bits per heavy atom. The third kappa shape index (κ3) is 12.2. The van der Waals surface area contributed by atoms with E-state index in [4.69, 9.17) is 9.16 Å². The molecule has 0 spiro atoms. The molecule has 3 atom stereocenters. The molecule has 0 bridgehead atoms. The Labute approximate surface area is 276 Å². The molecule has 3 rings (SSSR count). The van der Waals surface area contributed by atoms with Crippen LogP contribution in [-0.2, 0) is 14.0 Å². The lowest BCUT2D eigenvalue weighted by molar-refractivity contribution is -0.119. The maximum atomic E-state index is 12.6. The van der Waals surface area contributed by atoms with Gasteiger partial charge >= 0.3 is 0 Å². The van der Waals surface area contributed by atoms with Crippen LogP contribution < -0.4 is 10.4 Å². The average Bonchev–Trinajstić information content (AvgIpc) is 3.51. The van der Waals surface area contributed by atoms with Gasteiger partial charge in [0.15, 0.2) is 5.78 Å². The minimum absolute atomic E-state index is 0.0166. The van der Waals surface area contributed by atoms with Gasteiger partial charge in [0.2, 0.25) is 0 Å². The molecular weight excluding hydrogens is 573 g/mol. The van der Waals surface area contributed by atoms with Crippen molar-refractivity contribution in [3.05, 3.63) is 72.8 Å². The molecule has 1 aliphatic rings. The fraction of sp³-hybridized carbons (Fsp3) is 0.625. The van der Waals surface area contributed by atoms with Crippen LogP contribution in [0.15, 0.2) is 72.8 Å². The third-order valence-electron chi connectivity index (χ3n) is 9.41. The summed E-state index contributed by atoms with van der Waals surface area (Å²) >= 11 is 0. The zero-order valence-corrected chi connectivity index (χ0v) is 29.9. The molecule has 2 aromatic carbocycles. The second kappa shape index (κ2) is 20.2. The fourth-order valence-corrected chi connectivity index (χ4v) is 11.4. The minimum atomic E-state index is -2.64. The van der Waals surface area contributed by atoms with E-state index < -0.39 is 14.4 Å². The van der Waals surface area contributed by atoms with Gasteiger partial charge in [0.05, 0.1) is 24.9 Å². The first-order chi connectivity index (χ1) is 21.8. The molecule has 1 saturated heterocycles. The van der Waals surface area contributed by atoms with Crippen LogP contribution in [0.3, 0.4) is 0 Å². The number of rotatable bonds is 22. The van der Waals surface area contributed by atoms with E-state index in [1.807, 2.05) is 6.08 Å². The Balaban J connectivity index is 1.38. The number of carbonyl (C=O) groups is 1. The van der Waals surface area contributed by atoms with E-state index in [1.54, 1.807) is 6.08 Å². The molecule has 0 aliphatic carbocycles. The number of unbranched alkanes of at least 4 members (excludes halogenated alkanes) is 12. The smallest absolute Gasteiger partial charge is 0.261 e. The second-order valence-electron chi connectivity index (χ2n) is 14.2. The van der Waals surface area contributed by atoms with Gasteiger partial charge in [-0.25, -0.2) is 0 Å². The predicted octanol–water partition coefficient (Wildman–Crippen LogP) is 9.08. The van der Waals surface area contributed by atoms with Crippen LogP contribution in [0, 0.1) is 0 Å². The second-order valence-corrected chi connectivity index (χ2v) is 18.5. The van der Waals surface area contributed by atoms with Gasteiger partial charge in [-0.05, 0) is 47.2 Å². The maximum absolute atomic E-state index is 12.6. The molecule has 2 aromatic rings. The summed E-state index contributed by atoms with van der Waals surface area (Å²) in [6.07, 6.45) is 21.1. The van der Waals surface area contributed by atoms with Gasteiger partial charge in [-0.2, -0.15) is 0 Å². The number of carbonyl (C=O) groups excluding carboxylic acids is 1. The first-order valence-electron chi connectivity index (χ1n) is 18.1. The van der Waals surface area contributed by atoms with Crippen molar-refractivity contribution in [2.75, 3.05) is 6.61 Å². The zero-order chi connectivity index (χ0) is 32.4. The number of benzene rings is 2. The van der Waals surface area contributed by atoms with Gasteiger partial charge in [-0.3, -0.25) is 4.79 Å². The molecule has 0 aromatic heterocycles. The monoisotopic (exact) mass is 634 g/mol. The van der Waals surface area contributed by atoms with Gasteiger partial charge < -0.3 is 14.3 Å². The third-order valence-corrected chi connectivity index (χ3v) is 14.4. The standard InChI is InChI=1S/C40H62O4Si/c1-5-6-7-8-9-10-11-12-13-14-15-16-17-20-25-34(41)32-38(42)39-31-30-35(44-39)33-43-45(40(2,3)4,36-26-21-18-22-27-36)37-28-23-19-24-29-37/h18-29,35,38-39,42H,5-17,30-33H2,1-4H3/b25-20+/t35-,38-,39-/m0/s1. The topological polar surface area (TPSA) is 55.8 Å². The predicted molar refractivity (Wildman–Crippen MR) is 192 cm³/mol. The van der Waals surface area contributed by atoms with Gasteiger partial charge in [0.1, 0.15) is 0 Å². The van der Waals surface area contributed by atoms with Crippen molar-refractivity contribution < 1.29 is 19.1 Å². The Hall–Kier alpha value is -2.05. The van der Waals surface area contributed by atoms with Crippen molar-refractivity contribution in [3.63, 3.8) is 0 Å². The van der Waals surface area contributed by atoms with Crippen LogP contribution in [0.25, 0.3) is 0 Å². The molecule has 1 fully saturated rings. The lowest BCUT2D eigenvalue weighted by Gasteiger charge is -2.43. The molecular formula is C40H62O4Si. The number of allylic oxidation sites excluding steroid dienone is 2. The lowest BCUT2D eigenvalue weighted by Crippen LogP contribution is -2.67. The van der Waals surface area contributed by atoms with Gasteiger partial charge in [0, 0.05) is 6.42 Å². The number of aliphatic hydroxyl groups is 1. The largest absolute Gasteiger partial charge is 0.405 e. The van der Waals surface area contributed by atoms with Crippen LogP contribution in [0.4, 0.5) is 0 Å². The summed E-state index contributed by atoms with van der Waals surface area (Å²) in [7, 11) is -2.64. The molecule has 250 valence electrons. The molecule has 0 saturated carbocycles. The molecule has 45 heavy (non-hydrogen) atoms. The Kier molecular flexibility index (Phi) is 16.8. The van der Waals surface area contributed by atoms with E-state index >= 15 is 0 Å². The van der Waals surface area contributed by atoms with Crippen molar-refractivity contribution in [1.29, 1.82) is 0 Å². The molecule has 0 amide bonds. The SMILES string of the molecule is CCCCCCCCCCCCCC/C=C/C(=O)C[C@H](O)[C@@H]1CC[C@@H](CO[Si](c2ccccc2)(c2ccccc2)C(C)(C)C)O1. The molecule has 0 radical (unpaired) electrons. The average molecular weight is 635 g/mol. The zero-order valence-electron chi connectivity index (χ0n) is 28.9. The molecule has 5 heteroatoms. The Morgan fingerprint density at radius 2 is 1.36 bits per heavy atom. The number of ketones is 1. The summed E-state index contributed by atoms with van der Waals surface area (Å²) in [5, 5.41) is 13.3. The lowest BCUT2D eigenvalue weighted by atomic mass is 10.0. The summed E-state index contributed by atoms with van der Waals surface area (Å²) < 4.78 is 13.3. The van der Waals surface area contributed by atoms with Crippen molar-refractivity contribution in [3.8, 4) is 0 Å². The normalized spacial score (nSPS) is 18.1. The van der Waals surface area contributed by atoms with E-state index in [2.05, 4.69) is 88.4 Å². The van der Waals surface area contributed by atoms with Crippen LogP contribution in [-0.4, -0.2) is 44.1 Å². The molecule has 1 N–H and O–H groups in total. The van der Waals surface area contributed by atoms with Gasteiger partial charge in [-0.1, -0.05) is 165 Å². The van der Waals surface area contributed by atoms with Crippen LogP contribution >= 0.6 is 0 Å². The highest BCUT2D eigenvalue weighted by atomic mass is 28.4. The molecule has 4 nitrogen and oxygen atoms in total. The van der Waals surface area contributed by atoms with E-state index in [1.165, 1.54) is 81.0 Å². The number of hydrogen-bond acceptors (Lipinski definition) is 4. The Morgan fingerprint density at radius 3 is 1.87 bits per heavy atom. The highest BCUT2D eigenvalue weighted by Crippen LogP contribution is 2.37. The maximum Gasteiger partial charge on any atom is 0.261 e. The number of aliphatic hydroxyl groups excluding tert-OH is 1. The quantitative estimate of drug-likeness (QED) is 0.0798. The first-order valence-corrected chi connectivity index (χ1v) is 20.0. The van der Waals surface area contributed by atoms with E-state index in [0.29, 0.717) is 6.61 Å². The van der Waals surface area contributed by atoms with E-state index in [9.17, 15) is 9.90 Å². The highest BCUT2D eigenvalue weighted by molar-refractivity contribution is 6.99. The Bertz CT molecular complexity index is 1050. The van der Waals surface area contributed by atoms with Gasteiger partial charge in [0.25, 0.3) is 8.32 Å². The van der Waals surface area contributed by atoms with E-state index in [0.717, 1.165) is 25.7 Å². The molecule has 1 aliphatic heterocycles. The highest BCUT2D eigenvalue weighted by Gasteiger charge is 2.50. The van der Waals surface area contributed by atoms with Gasteiger partial charge in [-0.15, -0.1) is 0 Å². The summed E-state index contributed by atoms with van der Waals surface area (Å²) in [6, 6.07) is 21.3. The van der Waals surface area contributed by atoms with Crippen molar-refractivity contribution in [2.24, 2.45) is 0 Å². The van der Waals surface area contributed by atoms with Crippen LogP contribution in [0.5, 0.6) is 0 Å². The summed E-state index contributed by atoms with van der Waals surface area (Å²) in [4.78, 5) is 12.6. The molecule has 0 unspecified atom stereocenters. The minimum Gasteiger partial charge on any atom is -0.405 e. The number of ether oxygens (including phenoxy) is 1. The molecule has 1 heterocycles. The summed E-state index contributed by atoms with van der Waals surface area (Å²) in [6.45, 7) is 9.58. The fourth-order valence-electron chi connectivity index (χ4n) is 6.84. The van der Waals surface area contributed by atoms with Crippen molar-refractivity contribution in [2.45, 2.75) is 154 Å². The summed E-state index contributed by atoms with van der Waals surface area (Å²) in [5.41, 5.74) is 0. The van der Waals surface area contributed by atoms with Crippen LogP contribution in [0.2, 0.25) is 5.04 Å². The first kappa shape index (κ1) is 37.4.